The van der Waals surface area contributed by atoms with Gasteiger partial charge in [0.2, 0.25) is 5.91 Å². The van der Waals surface area contributed by atoms with Gasteiger partial charge in [-0.25, -0.2) is 9.78 Å². The van der Waals surface area contributed by atoms with Crippen molar-refractivity contribution >= 4 is 23.2 Å². The minimum absolute atomic E-state index is 0.164. The lowest BCUT2D eigenvalue weighted by molar-refractivity contribution is -0.122. The van der Waals surface area contributed by atoms with Gasteiger partial charge < -0.3 is 15.2 Å². The molecule has 1 unspecified atom stereocenters. The molecule has 1 aromatic heterocycles. The van der Waals surface area contributed by atoms with Crippen LogP contribution in [0.1, 0.15) is 50.9 Å². The molecule has 134 valence electrons. The highest BCUT2D eigenvalue weighted by Crippen LogP contribution is 2.23. The Balaban J connectivity index is 1.86. The van der Waals surface area contributed by atoms with Crippen molar-refractivity contribution in [1.82, 2.24) is 10.3 Å². The number of carbonyl (C=O) groups is 2. The van der Waals surface area contributed by atoms with E-state index in [-0.39, 0.29) is 29.9 Å². The molecule has 0 saturated carbocycles. The number of hydrogen-bond acceptors (Lipinski definition) is 5. The predicted molar refractivity (Wildman–Crippen MR) is 96.4 cm³/mol. The molecule has 6 nitrogen and oxygen atoms in total. The molecule has 7 heteroatoms. The van der Waals surface area contributed by atoms with Gasteiger partial charge in [0.25, 0.3) is 0 Å². The standard InChI is InChI=1S/C18H22N2O4S/c1-10-5-6-11(2)14(9-10)24-8-7-15(21)19-13(4)17-20-12(3)16(25-17)18(22)23/h5-6,9,13H,7-8H2,1-4H3,(H,19,21)(H,22,23). The van der Waals surface area contributed by atoms with Gasteiger partial charge in [0, 0.05) is 0 Å². The zero-order chi connectivity index (χ0) is 18.6. The van der Waals surface area contributed by atoms with E-state index in [1.54, 1.807) is 13.8 Å². The number of benzene rings is 1. The number of thiazole rings is 1. The maximum Gasteiger partial charge on any atom is 0.347 e. The van der Waals surface area contributed by atoms with Crippen LogP contribution in [0.3, 0.4) is 0 Å². The summed E-state index contributed by atoms with van der Waals surface area (Å²) in [5.41, 5.74) is 2.60. The van der Waals surface area contributed by atoms with Crippen molar-refractivity contribution < 1.29 is 19.4 Å². The summed E-state index contributed by atoms with van der Waals surface area (Å²) >= 11 is 1.09. The minimum atomic E-state index is -0.998. The number of amides is 1. The Morgan fingerprint density at radius 3 is 2.68 bits per heavy atom. The van der Waals surface area contributed by atoms with E-state index in [0.29, 0.717) is 10.7 Å². The SMILES string of the molecule is Cc1ccc(C)c(OCCC(=O)NC(C)c2nc(C)c(C(=O)O)s2)c1. The fraction of sp³-hybridized carbons (Fsp3) is 0.389. The van der Waals surface area contributed by atoms with E-state index in [0.717, 1.165) is 28.2 Å². The van der Waals surface area contributed by atoms with Gasteiger partial charge in [-0.3, -0.25) is 4.79 Å². The van der Waals surface area contributed by atoms with Crippen molar-refractivity contribution in [1.29, 1.82) is 0 Å². The van der Waals surface area contributed by atoms with Crippen molar-refractivity contribution in [2.24, 2.45) is 0 Å². The largest absolute Gasteiger partial charge is 0.493 e. The van der Waals surface area contributed by atoms with Crippen LogP contribution in [0.15, 0.2) is 18.2 Å². The van der Waals surface area contributed by atoms with E-state index >= 15 is 0 Å². The number of aryl methyl sites for hydroxylation is 3. The topological polar surface area (TPSA) is 88.5 Å². The summed E-state index contributed by atoms with van der Waals surface area (Å²) in [5, 5.41) is 12.5. The van der Waals surface area contributed by atoms with Gasteiger partial charge in [0.15, 0.2) is 0 Å². The van der Waals surface area contributed by atoms with Gasteiger partial charge in [-0.15, -0.1) is 11.3 Å². The maximum absolute atomic E-state index is 12.1. The lowest BCUT2D eigenvalue weighted by Crippen LogP contribution is -2.27. The Morgan fingerprint density at radius 1 is 1.32 bits per heavy atom. The number of ether oxygens (including phenoxy) is 1. The number of aromatic nitrogens is 1. The number of hydrogen-bond donors (Lipinski definition) is 2. The van der Waals surface area contributed by atoms with E-state index < -0.39 is 5.97 Å². The summed E-state index contributed by atoms with van der Waals surface area (Å²) in [6.45, 7) is 7.66. The van der Waals surface area contributed by atoms with Gasteiger partial charge in [0.05, 0.1) is 24.8 Å². The van der Waals surface area contributed by atoms with Crippen LogP contribution in [-0.4, -0.2) is 28.6 Å². The third-order valence-corrected chi connectivity index (χ3v) is 5.01. The van der Waals surface area contributed by atoms with Gasteiger partial charge in [-0.1, -0.05) is 12.1 Å². The van der Waals surface area contributed by atoms with Crippen molar-refractivity contribution in [3.05, 3.63) is 44.9 Å². The van der Waals surface area contributed by atoms with Crippen molar-refractivity contribution in [2.45, 2.75) is 40.2 Å². The van der Waals surface area contributed by atoms with Crippen LogP contribution in [0, 0.1) is 20.8 Å². The van der Waals surface area contributed by atoms with Crippen LogP contribution >= 0.6 is 11.3 Å². The van der Waals surface area contributed by atoms with E-state index in [1.165, 1.54) is 0 Å². The molecule has 0 radical (unpaired) electrons. The fourth-order valence-electron chi connectivity index (χ4n) is 2.29. The van der Waals surface area contributed by atoms with Crippen molar-refractivity contribution in [3.8, 4) is 5.75 Å². The Kier molecular flexibility index (Phi) is 6.14. The molecule has 0 saturated heterocycles. The molecule has 0 spiro atoms. The molecule has 0 aliphatic rings. The van der Waals surface area contributed by atoms with E-state index in [2.05, 4.69) is 10.3 Å². The minimum Gasteiger partial charge on any atom is -0.493 e. The van der Waals surface area contributed by atoms with Crippen molar-refractivity contribution in [2.75, 3.05) is 6.61 Å². The normalized spacial score (nSPS) is 11.8. The van der Waals surface area contributed by atoms with Gasteiger partial charge in [-0.05, 0) is 44.9 Å². The monoisotopic (exact) mass is 362 g/mol. The lowest BCUT2D eigenvalue weighted by atomic mass is 10.1. The molecule has 1 atom stereocenters. The summed E-state index contributed by atoms with van der Waals surface area (Å²) < 4.78 is 5.68. The lowest BCUT2D eigenvalue weighted by Gasteiger charge is -2.13. The summed E-state index contributed by atoms with van der Waals surface area (Å²) in [7, 11) is 0. The average molecular weight is 362 g/mol. The maximum atomic E-state index is 12.1. The average Bonchev–Trinajstić information content (AvgIpc) is 2.93. The van der Waals surface area contributed by atoms with E-state index in [1.807, 2.05) is 32.0 Å². The zero-order valence-electron chi connectivity index (χ0n) is 14.8. The fourth-order valence-corrected chi connectivity index (χ4v) is 3.20. The van der Waals surface area contributed by atoms with Gasteiger partial charge >= 0.3 is 5.97 Å². The summed E-state index contributed by atoms with van der Waals surface area (Å²) in [4.78, 5) is 27.6. The number of nitrogens with zero attached hydrogens (tertiary/aromatic N) is 1. The molecule has 0 fully saturated rings. The van der Waals surface area contributed by atoms with Gasteiger partial charge in [-0.2, -0.15) is 0 Å². The van der Waals surface area contributed by atoms with Crippen LogP contribution in [0.2, 0.25) is 0 Å². The first-order valence-electron chi connectivity index (χ1n) is 7.98. The quantitative estimate of drug-likeness (QED) is 0.788. The molecule has 2 N–H and O–H groups in total. The molecule has 25 heavy (non-hydrogen) atoms. The second kappa shape index (κ2) is 8.11. The Morgan fingerprint density at radius 2 is 2.04 bits per heavy atom. The first-order valence-corrected chi connectivity index (χ1v) is 8.79. The van der Waals surface area contributed by atoms with Crippen LogP contribution in [0.4, 0.5) is 0 Å². The molecule has 2 aromatic rings. The highest BCUT2D eigenvalue weighted by atomic mass is 32.1. The Bertz CT molecular complexity index is 785. The van der Waals surface area contributed by atoms with E-state index in [9.17, 15) is 9.59 Å². The van der Waals surface area contributed by atoms with Crippen LogP contribution < -0.4 is 10.1 Å². The molecule has 0 bridgehead atoms. The first-order chi connectivity index (χ1) is 11.8. The molecule has 2 rings (SSSR count). The Hall–Kier alpha value is -2.41. The molecular weight excluding hydrogens is 340 g/mol. The molecule has 1 amide bonds. The number of rotatable bonds is 7. The third-order valence-electron chi connectivity index (χ3n) is 3.69. The molecule has 0 aliphatic heterocycles. The summed E-state index contributed by atoms with van der Waals surface area (Å²) in [6.07, 6.45) is 0.216. The number of carboxylic acids is 1. The smallest absolute Gasteiger partial charge is 0.347 e. The van der Waals surface area contributed by atoms with Gasteiger partial charge in [0.1, 0.15) is 15.6 Å². The Labute approximate surface area is 150 Å². The third kappa shape index (κ3) is 5.03. The summed E-state index contributed by atoms with van der Waals surface area (Å²) in [6, 6.07) is 5.60. The highest BCUT2D eigenvalue weighted by Gasteiger charge is 2.19. The number of nitrogens with one attached hydrogen (secondary N) is 1. The second-order valence-corrected chi connectivity index (χ2v) is 6.96. The van der Waals surface area contributed by atoms with Crippen molar-refractivity contribution in [3.63, 3.8) is 0 Å². The molecule has 0 aliphatic carbocycles. The van der Waals surface area contributed by atoms with Crippen LogP contribution in [-0.2, 0) is 4.79 Å². The molecular formula is C18H22N2O4S. The van der Waals surface area contributed by atoms with E-state index in [4.69, 9.17) is 9.84 Å². The summed E-state index contributed by atoms with van der Waals surface area (Å²) in [5.74, 6) is -0.383. The molecule has 1 heterocycles. The number of aromatic carboxylic acids is 1. The predicted octanol–water partition coefficient (Wildman–Crippen LogP) is 3.41. The molecule has 1 aromatic carbocycles. The first kappa shape index (κ1) is 18.9. The van der Waals surface area contributed by atoms with Crippen LogP contribution in [0.25, 0.3) is 0 Å². The zero-order valence-corrected chi connectivity index (χ0v) is 15.6. The number of carbonyl (C=O) groups excluding carboxylic acids is 1. The van der Waals surface area contributed by atoms with Crippen LogP contribution in [0.5, 0.6) is 5.75 Å². The highest BCUT2D eigenvalue weighted by molar-refractivity contribution is 7.13. The number of carboxylic acid groups (broad SMARTS) is 1. The second-order valence-electron chi connectivity index (χ2n) is 5.93.